The average Bonchev–Trinajstić information content (AvgIpc) is 2.53. The molecule has 0 heterocycles. The SMILES string of the molecule is C#CC(=O)N(/N=N\C)c1cccc(F)c1CONC(=O)SC. The van der Waals surface area contributed by atoms with Crippen molar-refractivity contribution in [3.63, 3.8) is 0 Å². The Morgan fingerprint density at radius 3 is 2.86 bits per heavy atom. The number of hydrogen-bond donors (Lipinski definition) is 1. The molecular formula is C13H13FN4O3S. The van der Waals surface area contributed by atoms with Crippen molar-refractivity contribution in [3.05, 3.63) is 29.6 Å². The second-order valence-electron chi connectivity index (χ2n) is 3.67. The van der Waals surface area contributed by atoms with Gasteiger partial charge in [0.1, 0.15) is 12.4 Å². The van der Waals surface area contributed by atoms with Gasteiger partial charge in [0, 0.05) is 5.56 Å². The number of halogens is 1. The number of carbonyl (C=O) groups is 2. The number of hydroxylamine groups is 1. The van der Waals surface area contributed by atoms with Crippen LogP contribution in [0.4, 0.5) is 14.9 Å². The molecule has 22 heavy (non-hydrogen) atoms. The Labute approximate surface area is 130 Å². The number of carbonyl (C=O) groups excluding carboxylic acids is 2. The fourth-order valence-corrected chi connectivity index (χ4v) is 1.59. The lowest BCUT2D eigenvalue weighted by molar-refractivity contribution is -0.113. The molecule has 0 saturated heterocycles. The summed E-state index contributed by atoms with van der Waals surface area (Å²) >= 11 is 0.898. The molecule has 0 spiro atoms. The van der Waals surface area contributed by atoms with E-state index < -0.39 is 17.0 Å². The zero-order valence-electron chi connectivity index (χ0n) is 11.9. The summed E-state index contributed by atoms with van der Waals surface area (Å²) in [4.78, 5) is 27.7. The molecule has 0 aliphatic carbocycles. The lowest BCUT2D eigenvalue weighted by atomic mass is 10.1. The third-order valence-electron chi connectivity index (χ3n) is 2.37. The average molecular weight is 324 g/mol. The summed E-state index contributed by atoms with van der Waals surface area (Å²) in [5, 5.41) is 7.39. The highest BCUT2D eigenvalue weighted by Gasteiger charge is 2.20. The number of nitrogens with zero attached hydrogens (tertiary/aromatic N) is 3. The summed E-state index contributed by atoms with van der Waals surface area (Å²) in [6, 6.07) is 4.00. The predicted octanol–water partition coefficient (Wildman–Crippen LogP) is 2.29. The predicted molar refractivity (Wildman–Crippen MR) is 80.3 cm³/mol. The van der Waals surface area contributed by atoms with Crippen LogP contribution in [0.25, 0.3) is 0 Å². The van der Waals surface area contributed by atoms with E-state index in [-0.39, 0.29) is 17.9 Å². The van der Waals surface area contributed by atoms with Gasteiger partial charge in [0.15, 0.2) is 0 Å². The number of terminal acetylenes is 1. The molecular weight excluding hydrogens is 311 g/mol. The minimum atomic E-state index is -0.814. The van der Waals surface area contributed by atoms with Gasteiger partial charge in [0.25, 0.3) is 0 Å². The summed E-state index contributed by atoms with van der Waals surface area (Å²) in [5.41, 5.74) is 2.18. The fourth-order valence-electron chi connectivity index (χ4n) is 1.45. The molecule has 1 aromatic rings. The van der Waals surface area contributed by atoms with Gasteiger partial charge < -0.3 is 0 Å². The van der Waals surface area contributed by atoms with E-state index in [9.17, 15) is 14.0 Å². The van der Waals surface area contributed by atoms with Gasteiger partial charge in [-0.2, -0.15) is 10.1 Å². The minimum Gasteiger partial charge on any atom is -0.268 e. The van der Waals surface area contributed by atoms with E-state index in [4.69, 9.17) is 11.3 Å². The Bertz CT molecular complexity index is 630. The summed E-state index contributed by atoms with van der Waals surface area (Å²) < 4.78 is 14.0. The van der Waals surface area contributed by atoms with Crippen molar-refractivity contribution in [1.29, 1.82) is 0 Å². The van der Waals surface area contributed by atoms with Crippen LogP contribution in [0.5, 0.6) is 0 Å². The van der Waals surface area contributed by atoms with Gasteiger partial charge in [-0.05, 0) is 24.3 Å². The van der Waals surface area contributed by atoms with Crippen molar-refractivity contribution in [2.75, 3.05) is 18.3 Å². The first kappa shape index (κ1) is 17.6. The van der Waals surface area contributed by atoms with Gasteiger partial charge in [-0.1, -0.05) is 23.1 Å². The van der Waals surface area contributed by atoms with Crippen molar-refractivity contribution in [3.8, 4) is 12.3 Å². The molecule has 116 valence electrons. The van der Waals surface area contributed by atoms with E-state index >= 15 is 0 Å². The maximum Gasteiger partial charge on any atom is 0.324 e. The quantitative estimate of drug-likeness (QED) is 0.512. The number of rotatable bonds is 5. The lowest BCUT2D eigenvalue weighted by Gasteiger charge is -2.17. The van der Waals surface area contributed by atoms with E-state index in [0.717, 1.165) is 16.8 Å². The van der Waals surface area contributed by atoms with Crippen LogP contribution in [-0.4, -0.2) is 24.4 Å². The molecule has 0 radical (unpaired) electrons. The van der Waals surface area contributed by atoms with Gasteiger partial charge in [0.2, 0.25) is 0 Å². The van der Waals surface area contributed by atoms with Crippen LogP contribution in [0.1, 0.15) is 5.56 Å². The smallest absolute Gasteiger partial charge is 0.268 e. The first-order valence-corrected chi connectivity index (χ1v) is 7.11. The number of benzene rings is 1. The number of nitrogens with one attached hydrogen (secondary N) is 1. The lowest BCUT2D eigenvalue weighted by Crippen LogP contribution is -2.26. The van der Waals surface area contributed by atoms with Crippen LogP contribution in [0, 0.1) is 18.2 Å². The zero-order valence-corrected chi connectivity index (χ0v) is 12.7. The van der Waals surface area contributed by atoms with Gasteiger partial charge in [-0.15, -0.1) is 6.42 Å². The molecule has 0 aliphatic heterocycles. The molecule has 0 aliphatic rings. The monoisotopic (exact) mass is 324 g/mol. The van der Waals surface area contributed by atoms with Crippen molar-refractivity contribution in [1.82, 2.24) is 5.48 Å². The summed E-state index contributed by atoms with van der Waals surface area (Å²) in [6.45, 7) is -0.318. The minimum absolute atomic E-state index is 0.0000898. The molecule has 2 amide bonds. The van der Waals surface area contributed by atoms with Crippen LogP contribution in [0.15, 0.2) is 28.5 Å². The molecule has 0 bridgehead atoms. The fraction of sp³-hybridized carbons (Fsp3) is 0.231. The van der Waals surface area contributed by atoms with E-state index in [1.807, 2.05) is 5.92 Å². The van der Waals surface area contributed by atoms with E-state index in [1.54, 1.807) is 6.26 Å². The Kier molecular flexibility index (Phi) is 7.01. The standard InChI is InChI=1S/C13H13FN4O3S/c1-4-12(19)18(17-15-2)11-7-5-6-10(14)9(11)8-21-16-13(20)22-3/h1,5-7H,8H2,2-3H3,(H,16,20)/b17-15-. The number of amides is 2. The maximum absolute atomic E-state index is 14.0. The van der Waals surface area contributed by atoms with Gasteiger partial charge in [0.05, 0.1) is 12.7 Å². The van der Waals surface area contributed by atoms with Gasteiger partial charge >= 0.3 is 11.1 Å². The van der Waals surface area contributed by atoms with Crippen molar-refractivity contribution < 1.29 is 18.8 Å². The summed E-state index contributed by atoms with van der Waals surface area (Å²) in [6.07, 6.45) is 6.62. The number of anilines is 1. The van der Waals surface area contributed by atoms with Gasteiger partial charge in [-0.3, -0.25) is 14.4 Å². The van der Waals surface area contributed by atoms with Crippen molar-refractivity contribution in [2.24, 2.45) is 10.3 Å². The van der Waals surface area contributed by atoms with E-state index in [2.05, 4.69) is 15.8 Å². The molecule has 0 unspecified atom stereocenters. The summed E-state index contributed by atoms with van der Waals surface area (Å²) in [7, 11) is 1.34. The first-order chi connectivity index (χ1) is 10.5. The zero-order chi connectivity index (χ0) is 16.5. The van der Waals surface area contributed by atoms with Crippen molar-refractivity contribution in [2.45, 2.75) is 6.61 Å². The molecule has 7 nitrogen and oxygen atoms in total. The van der Waals surface area contributed by atoms with Crippen LogP contribution >= 0.6 is 11.8 Å². The normalized spacial score (nSPS) is 10.3. The van der Waals surface area contributed by atoms with Crippen molar-refractivity contribution >= 4 is 28.6 Å². The first-order valence-electron chi connectivity index (χ1n) is 5.88. The molecule has 0 saturated carbocycles. The summed E-state index contributed by atoms with van der Waals surface area (Å²) in [5.74, 6) is 0.419. The molecule has 1 N–H and O–H groups in total. The molecule has 1 aromatic carbocycles. The van der Waals surface area contributed by atoms with Crippen LogP contribution in [0.2, 0.25) is 0 Å². The van der Waals surface area contributed by atoms with Crippen LogP contribution in [0.3, 0.4) is 0 Å². The number of thioether (sulfide) groups is 1. The van der Waals surface area contributed by atoms with E-state index in [0.29, 0.717) is 0 Å². The maximum atomic E-state index is 14.0. The highest BCUT2D eigenvalue weighted by atomic mass is 32.2. The third kappa shape index (κ3) is 4.54. The van der Waals surface area contributed by atoms with Crippen LogP contribution < -0.4 is 10.5 Å². The Balaban J connectivity index is 3.09. The molecule has 9 heteroatoms. The third-order valence-corrected chi connectivity index (χ3v) is 2.83. The largest absolute Gasteiger partial charge is 0.324 e. The highest BCUT2D eigenvalue weighted by molar-refractivity contribution is 8.12. The Hall–Kier alpha value is -2.44. The molecule has 0 atom stereocenters. The second-order valence-corrected chi connectivity index (χ2v) is 4.45. The molecule has 0 aromatic heterocycles. The van der Waals surface area contributed by atoms with Gasteiger partial charge in [-0.25, -0.2) is 9.87 Å². The Morgan fingerprint density at radius 1 is 1.55 bits per heavy atom. The van der Waals surface area contributed by atoms with Crippen LogP contribution in [-0.2, 0) is 16.2 Å². The molecule has 0 fully saturated rings. The molecule has 1 rings (SSSR count). The second kappa shape index (κ2) is 8.76. The Morgan fingerprint density at radius 2 is 2.27 bits per heavy atom. The van der Waals surface area contributed by atoms with E-state index in [1.165, 1.54) is 25.2 Å². The topological polar surface area (TPSA) is 83.4 Å². The number of hydrogen-bond acceptors (Lipinski definition) is 6. The highest BCUT2D eigenvalue weighted by Crippen LogP contribution is 2.24.